The average molecular weight is 265 g/mol. The molecule has 0 amide bonds. The number of benzene rings is 1. The lowest BCUT2D eigenvalue weighted by Crippen LogP contribution is -2.24. The molecule has 19 heavy (non-hydrogen) atoms. The summed E-state index contributed by atoms with van der Waals surface area (Å²) >= 11 is 0. The predicted octanol–water partition coefficient (Wildman–Crippen LogP) is 3.83. The van der Waals surface area contributed by atoms with Crippen LogP contribution in [0.15, 0.2) is 24.3 Å². The lowest BCUT2D eigenvalue weighted by atomic mass is 10.1. The van der Waals surface area contributed by atoms with E-state index in [4.69, 9.17) is 4.74 Å². The summed E-state index contributed by atoms with van der Waals surface area (Å²) in [4.78, 5) is 0. The Morgan fingerprint density at radius 1 is 1.26 bits per heavy atom. The van der Waals surface area contributed by atoms with Crippen molar-refractivity contribution in [3.63, 3.8) is 0 Å². The van der Waals surface area contributed by atoms with Gasteiger partial charge in [-0.15, -0.1) is 0 Å². The summed E-state index contributed by atoms with van der Waals surface area (Å²) in [5.74, 6) is -0.192. The van der Waals surface area contributed by atoms with Crippen molar-refractivity contribution in [2.45, 2.75) is 50.7 Å². The summed E-state index contributed by atoms with van der Waals surface area (Å²) in [6.07, 6.45) is 7.67. The second kappa shape index (κ2) is 7.61. The van der Waals surface area contributed by atoms with Gasteiger partial charge in [-0.1, -0.05) is 37.8 Å². The van der Waals surface area contributed by atoms with Gasteiger partial charge in [0.25, 0.3) is 0 Å². The Morgan fingerprint density at radius 2 is 2.00 bits per heavy atom. The number of likely N-dealkylation sites (N-methyl/N-ethyl adjacent to an activating group) is 1. The van der Waals surface area contributed by atoms with E-state index in [1.165, 1.54) is 31.7 Å². The van der Waals surface area contributed by atoms with Crippen molar-refractivity contribution >= 4 is 0 Å². The Morgan fingerprint density at radius 3 is 2.63 bits per heavy atom. The molecule has 1 aromatic carbocycles. The molecule has 0 radical (unpaired) electrons. The molecule has 1 saturated carbocycles. The van der Waals surface area contributed by atoms with Crippen molar-refractivity contribution in [3.8, 4) is 0 Å². The van der Waals surface area contributed by atoms with Gasteiger partial charge in [0.05, 0.1) is 12.2 Å². The van der Waals surface area contributed by atoms with Crippen LogP contribution >= 0.6 is 0 Å². The molecule has 1 atom stereocenters. The van der Waals surface area contributed by atoms with E-state index in [0.717, 1.165) is 24.9 Å². The predicted molar refractivity (Wildman–Crippen MR) is 75.6 cm³/mol. The highest BCUT2D eigenvalue weighted by Crippen LogP contribution is 2.26. The molecule has 0 spiro atoms. The number of nitrogens with one attached hydrogen (secondary N) is 1. The molecule has 1 unspecified atom stereocenters. The highest BCUT2D eigenvalue weighted by molar-refractivity contribution is 5.19. The first-order chi connectivity index (χ1) is 9.29. The molecule has 0 aliphatic heterocycles. The number of hydrogen-bond donors (Lipinski definition) is 1. The van der Waals surface area contributed by atoms with Gasteiger partial charge in [0.15, 0.2) is 0 Å². The molecule has 0 saturated heterocycles. The van der Waals surface area contributed by atoms with Crippen molar-refractivity contribution in [1.29, 1.82) is 0 Å². The Labute approximate surface area is 115 Å². The molecule has 3 heteroatoms. The fourth-order valence-electron chi connectivity index (χ4n) is 2.75. The molecule has 0 aromatic heterocycles. The molecule has 0 heterocycles. The van der Waals surface area contributed by atoms with E-state index in [0.29, 0.717) is 6.10 Å². The van der Waals surface area contributed by atoms with E-state index >= 15 is 0 Å². The van der Waals surface area contributed by atoms with Gasteiger partial charge in [-0.2, -0.15) is 0 Å². The third-order valence-electron chi connectivity index (χ3n) is 3.77. The Balaban J connectivity index is 2.02. The first-order valence-electron chi connectivity index (χ1n) is 7.35. The first kappa shape index (κ1) is 14.5. The zero-order valence-corrected chi connectivity index (χ0v) is 11.7. The van der Waals surface area contributed by atoms with Crippen LogP contribution in [0.3, 0.4) is 0 Å². The molecule has 2 nitrogen and oxygen atoms in total. The third-order valence-corrected chi connectivity index (χ3v) is 3.77. The second-order valence-electron chi connectivity index (χ2n) is 5.35. The molecular weight excluding hydrogens is 241 g/mol. The molecular formula is C16H24FNO. The summed E-state index contributed by atoms with van der Waals surface area (Å²) in [5, 5.41) is 3.14. The Bertz CT molecular complexity index is 375. The molecule has 1 aliphatic carbocycles. The van der Waals surface area contributed by atoms with Crippen LogP contribution in [0, 0.1) is 5.82 Å². The maximum atomic E-state index is 13.3. The molecule has 2 rings (SSSR count). The molecule has 1 N–H and O–H groups in total. The SMILES string of the molecule is CNCC(OC1CCCCCC1)c1cccc(F)c1. The van der Waals surface area contributed by atoms with E-state index < -0.39 is 0 Å². The van der Waals surface area contributed by atoms with Gasteiger partial charge in [-0.25, -0.2) is 4.39 Å². The van der Waals surface area contributed by atoms with Crippen LogP contribution < -0.4 is 5.32 Å². The van der Waals surface area contributed by atoms with E-state index in [9.17, 15) is 4.39 Å². The summed E-state index contributed by atoms with van der Waals surface area (Å²) in [6.45, 7) is 0.722. The van der Waals surface area contributed by atoms with Gasteiger partial charge in [-0.05, 0) is 37.6 Å². The molecule has 1 aromatic rings. The second-order valence-corrected chi connectivity index (χ2v) is 5.35. The Hall–Kier alpha value is -0.930. The van der Waals surface area contributed by atoms with Crippen molar-refractivity contribution < 1.29 is 9.13 Å². The minimum absolute atomic E-state index is 0.0520. The minimum Gasteiger partial charge on any atom is -0.369 e. The van der Waals surface area contributed by atoms with Gasteiger partial charge in [0.1, 0.15) is 5.82 Å². The Kier molecular flexibility index (Phi) is 5.80. The lowest BCUT2D eigenvalue weighted by molar-refractivity contribution is -0.0194. The third kappa shape index (κ3) is 4.59. The fourth-order valence-corrected chi connectivity index (χ4v) is 2.75. The maximum Gasteiger partial charge on any atom is 0.123 e. The van der Waals surface area contributed by atoms with Crippen molar-refractivity contribution in [1.82, 2.24) is 5.32 Å². The fraction of sp³-hybridized carbons (Fsp3) is 0.625. The quantitative estimate of drug-likeness (QED) is 0.817. The highest BCUT2D eigenvalue weighted by atomic mass is 19.1. The van der Waals surface area contributed by atoms with Gasteiger partial charge in [0, 0.05) is 6.54 Å². The highest BCUT2D eigenvalue weighted by Gasteiger charge is 2.19. The van der Waals surface area contributed by atoms with Gasteiger partial charge >= 0.3 is 0 Å². The van der Waals surface area contributed by atoms with Crippen LogP contribution in [0.5, 0.6) is 0 Å². The standard InChI is InChI=1S/C16H24FNO/c1-18-12-16(13-7-6-8-14(17)11-13)19-15-9-4-2-3-5-10-15/h6-8,11,15-16,18H,2-5,9-10,12H2,1H3. The van der Waals surface area contributed by atoms with Crippen molar-refractivity contribution in [3.05, 3.63) is 35.6 Å². The van der Waals surface area contributed by atoms with Crippen LogP contribution in [-0.2, 0) is 4.74 Å². The number of hydrogen-bond acceptors (Lipinski definition) is 2. The number of rotatable bonds is 5. The summed E-state index contributed by atoms with van der Waals surface area (Å²) in [7, 11) is 1.91. The smallest absolute Gasteiger partial charge is 0.123 e. The van der Waals surface area contributed by atoms with Crippen molar-refractivity contribution in [2.75, 3.05) is 13.6 Å². The van der Waals surface area contributed by atoms with Crippen LogP contribution in [0.25, 0.3) is 0 Å². The van der Waals surface area contributed by atoms with E-state index in [1.807, 2.05) is 13.1 Å². The van der Waals surface area contributed by atoms with Crippen LogP contribution in [-0.4, -0.2) is 19.7 Å². The van der Waals surface area contributed by atoms with E-state index in [2.05, 4.69) is 5.32 Å². The maximum absolute atomic E-state index is 13.3. The zero-order valence-electron chi connectivity index (χ0n) is 11.7. The molecule has 106 valence electrons. The van der Waals surface area contributed by atoms with Crippen molar-refractivity contribution in [2.24, 2.45) is 0 Å². The van der Waals surface area contributed by atoms with Gasteiger partial charge in [-0.3, -0.25) is 0 Å². The molecule has 1 fully saturated rings. The lowest BCUT2D eigenvalue weighted by Gasteiger charge is -2.24. The largest absolute Gasteiger partial charge is 0.369 e. The molecule has 0 bridgehead atoms. The van der Waals surface area contributed by atoms with Crippen LogP contribution in [0.4, 0.5) is 4.39 Å². The first-order valence-corrected chi connectivity index (χ1v) is 7.35. The van der Waals surface area contributed by atoms with Gasteiger partial charge in [0.2, 0.25) is 0 Å². The van der Waals surface area contributed by atoms with Crippen LogP contribution in [0.2, 0.25) is 0 Å². The normalized spacial score (nSPS) is 19.1. The van der Waals surface area contributed by atoms with Gasteiger partial charge < -0.3 is 10.1 Å². The summed E-state index contributed by atoms with van der Waals surface area (Å²) in [5.41, 5.74) is 0.929. The minimum atomic E-state index is -0.192. The summed E-state index contributed by atoms with van der Waals surface area (Å²) < 4.78 is 19.6. The monoisotopic (exact) mass is 265 g/mol. The number of ether oxygens (including phenoxy) is 1. The molecule has 1 aliphatic rings. The number of halogens is 1. The zero-order chi connectivity index (χ0) is 13.5. The van der Waals surface area contributed by atoms with E-state index in [1.54, 1.807) is 12.1 Å². The summed E-state index contributed by atoms with van der Waals surface area (Å²) in [6, 6.07) is 6.76. The average Bonchev–Trinajstić information content (AvgIpc) is 2.67. The van der Waals surface area contributed by atoms with E-state index in [-0.39, 0.29) is 11.9 Å². The van der Waals surface area contributed by atoms with Crippen LogP contribution in [0.1, 0.15) is 50.2 Å². The topological polar surface area (TPSA) is 21.3 Å².